The van der Waals surface area contributed by atoms with Gasteiger partial charge in [0.15, 0.2) is 0 Å². The lowest BCUT2D eigenvalue weighted by molar-refractivity contribution is 0.0948. The van der Waals surface area contributed by atoms with Crippen molar-refractivity contribution in [1.29, 1.82) is 0 Å². The smallest absolute Gasteiger partial charge is 0.270 e. The maximum Gasteiger partial charge on any atom is 0.270 e. The summed E-state index contributed by atoms with van der Waals surface area (Å²) >= 11 is 0. The van der Waals surface area contributed by atoms with Crippen LogP contribution in [0, 0.1) is 6.92 Å². The first-order valence-corrected chi connectivity index (χ1v) is 6.59. The summed E-state index contributed by atoms with van der Waals surface area (Å²) in [5.41, 5.74) is 0.470. The summed E-state index contributed by atoms with van der Waals surface area (Å²) in [6.45, 7) is 6.58. The molecule has 5 nitrogen and oxygen atoms in total. The van der Waals surface area contributed by atoms with E-state index in [-0.39, 0.29) is 5.91 Å². The Hall–Kier alpha value is -1.65. The molecule has 0 radical (unpaired) electrons. The first-order chi connectivity index (χ1) is 8.70. The molecule has 1 aliphatic rings. The second kappa shape index (κ2) is 5.80. The van der Waals surface area contributed by atoms with E-state index in [2.05, 4.69) is 20.2 Å². The molecule has 2 heterocycles. The number of carbonyl (C=O) groups excluding carboxylic acids is 1. The zero-order chi connectivity index (χ0) is 13.0. The van der Waals surface area contributed by atoms with Crippen LogP contribution in [0.1, 0.15) is 42.5 Å². The highest BCUT2D eigenvalue weighted by molar-refractivity contribution is 5.92. The van der Waals surface area contributed by atoms with Crippen molar-refractivity contribution in [2.75, 3.05) is 24.5 Å². The number of anilines is 1. The first kappa shape index (κ1) is 12.8. The monoisotopic (exact) mass is 248 g/mol. The lowest BCUT2D eigenvalue weighted by Gasteiger charge is -2.17. The molecule has 1 N–H and O–H groups in total. The Labute approximate surface area is 108 Å². The zero-order valence-electron chi connectivity index (χ0n) is 11.1. The number of hydrogen-bond acceptors (Lipinski definition) is 4. The number of hydrogen-bond donors (Lipinski definition) is 1. The van der Waals surface area contributed by atoms with Gasteiger partial charge in [-0.1, -0.05) is 6.92 Å². The van der Waals surface area contributed by atoms with Crippen LogP contribution >= 0.6 is 0 Å². The molecule has 0 atom stereocenters. The fourth-order valence-corrected chi connectivity index (χ4v) is 2.11. The van der Waals surface area contributed by atoms with Gasteiger partial charge in [0.25, 0.3) is 5.91 Å². The van der Waals surface area contributed by atoms with E-state index < -0.39 is 0 Å². The van der Waals surface area contributed by atoms with Crippen LogP contribution in [0.15, 0.2) is 6.07 Å². The topological polar surface area (TPSA) is 58.1 Å². The quantitative estimate of drug-likeness (QED) is 0.877. The highest BCUT2D eigenvalue weighted by Gasteiger charge is 2.17. The minimum atomic E-state index is -0.109. The van der Waals surface area contributed by atoms with Crippen LogP contribution in [0.3, 0.4) is 0 Å². The Kier molecular flexibility index (Phi) is 4.12. The van der Waals surface area contributed by atoms with Crippen molar-refractivity contribution in [2.45, 2.75) is 33.1 Å². The SMILES string of the molecule is CCCNC(=O)c1cc(N2CCCC2)nc(C)n1. The van der Waals surface area contributed by atoms with Crippen LogP contribution < -0.4 is 10.2 Å². The fourth-order valence-electron chi connectivity index (χ4n) is 2.11. The molecule has 18 heavy (non-hydrogen) atoms. The van der Waals surface area contributed by atoms with E-state index in [0.29, 0.717) is 18.1 Å². The molecule has 1 aromatic heterocycles. The standard InChI is InChI=1S/C13H20N4O/c1-3-6-14-13(18)11-9-12(16-10(2)15-11)17-7-4-5-8-17/h9H,3-8H2,1-2H3,(H,14,18). The molecule has 1 saturated heterocycles. The molecule has 0 saturated carbocycles. The maximum absolute atomic E-state index is 11.9. The van der Waals surface area contributed by atoms with Crippen molar-refractivity contribution in [3.8, 4) is 0 Å². The Bertz CT molecular complexity index is 427. The lowest BCUT2D eigenvalue weighted by Crippen LogP contribution is -2.27. The minimum absolute atomic E-state index is 0.109. The number of aromatic nitrogens is 2. The minimum Gasteiger partial charge on any atom is -0.356 e. The fraction of sp³-hybridized carbons (Fsp3) is 0.615. The van der Waals surface area contributed by atoms with Gasteiger partial charge in [0, 0.05) is 25.7 Å². The maximum atomic E-state index is 11.9. The van der Waals surface area contributed by atoms with E-state index in [1.54, 1.807) is 6.07 Å². The Morgan fingerprint density at radius 3 is 2.78 bits per heavy atom. The van der Waals surface area contributed by atoms with E-state index in [4.69, 9.17) is 0 Å². The van der Waals surface area contributed by atoms with Gasteiger partial charge >= 0.3 is 0 Å². The number of rotatable bonds is 4. The molecule has 1 fully saturated rings. The Morgan fingerprint density at radius 1 is 1.39 bits per heavy atom. The molecule has 1 aromatic rings. The number of nitrogens with one attached hydrogen (secondary N) is 1. The van der Waals surface area contributed by atoms with Crippen molar-refractivity contribution in [1.82, 2.24) is 15.3 Å². The van der Waals surface area contributed by atoms with Gasteiger partial charge < -0.3 is 10.2 Å². The Balaban J connectivity index is 2.17. The van der Waals surface area contributed by atoms with Crippen LogP contribution in [-0.4, -0.2) is 35.5 Å². The van der Waals surface area contributed by atoms with E-state index in [0.717, 1.165) is 25.3 Å². The molecule has 5 heteroatoms. The van der Waals surface area contributed by atoms with Crippen molar-refractivity contribution >= 4 is 11.7 Å². The normalized spacial score (nSPS) is 14.9. The summed E-state index contributed by atoms with van der Waals surface area (Å²) < 4.78 is 0. The molecule has 0 spiro atoms. The van der Waals surface area contributed by atoms with Gasteiger partial charge in [-0.2, -0.15) is 0 Å². The largest absolute Gasteiger partial charge is 0.356 e. The summed E-state index contributed by atoms with van der Waals surface area (Å²) in [5.74, 6) is 1.42. The van der Waals surface area contributed by atoms with E-state index in [9.17, 15) is 4.79 Å². The third-order valence-electron chi connectivity index (χ3n) is 3.02. The average molecular weight is 248 g/mol. The summed E-state index contributed by atoms with van der Waals surface area (Å²) in [4.78, 5) is 22.7. The van der Waals surface area contributed by atoms with Crippen molar-refractivity contribution in [3.63, 3.8) is 0 Å². The van der Waals surface area contributed by atoms with Crippen LogP contribution in [0.25, 0.3) is 0 Å². The molecule has 2 rings (SSSR count). The summed E-state index contributed by atoms with van der Waals surface area (Å²) in [7, 11) is 0. The van der Waals surface area contributed by atoms with Gasteiger partial charge in [0.05, 0.1) is 0 Å². The predicted octanol–water partition coefficient (Wildman–Crippen LogP) is 1.53. The number of aryl methyl sites for hydroxylation is 1. The number of amides is 1. The van der Waals surface area contributed by atoms with Gasteiger partial charge in [-0.05, 0) is 26.2 Å². The van der Waals surface area contributed by atoms with Gasteiger partial charge in [0.2, 0.25) is 0 Å². The lowest BCUT2D eigenvalue weighted by atomic mass is 10.3. The highest BCUT2D eigenvalue weighted by atomic mass is 16.1. The van der Waals surface area contributed by atoms with E-state index >= 15 is 0 Å². The molecule has 1 amide bonds. The third kappa shape index (κ3) is 2.97. The molecule has 0 bridgehead atoms. The van der Waals surface area contributed by atoms with Gasteiger partial charge in [-0.15, -0.1) is 0 Å². The highest BCUT2D eigenvalue weighted by Crippen LogP contribution is 2.18. The van der Waals surface area contributed by atoms with Crippen molar-refractivity contribution in [2.24, 2.45) is 0 Å². The summed E-state index contributed by atoms with van der Waals surface area (Å²) in [6.07, 6.45) is 3.32. The molecule has 0 aliphatic carbocycles. The summed E-state index contributed by atoms with van der Waals surface area (Å²) in [5, 5.41) is 2.85. The second-order valence-corrected chi connectivity index (χ2v) is 4.61. The van der Waals surface area contributed by atoms with Crippen LogP contribution in [-0.2, 0) is 0 Å². The zero-order valence-corrected chi connectivity index (χ0v) is 11.1. The molecule has 1 aliphatic heterocycles. The molecule has 0 aromatic carbocycles. The molecule has 0 unspecified atom stereocenters. The average Bonchev–Trinajstić information content (AvgIpc) is 2.89. The van der Waals surface area contributed by atoms with E-state index in [1.807, 2.05) is 13.8 Å². The van der Waals surface area contributed by atoms with Crippen LogP contribution in [0.4, 0.5) is 5.82 Å². The van der Waals surface area contributed by atoms with Gasteiger partial charge in [-0.25, -0.2) is 9.97 Å². The third-order valence-corrected chi connectivity index (χ3v) is 3.02. The second-order valence-electron chi connectivity index (χ2n) is 4.61. The number of carbonyl (C=O) groups is 1. The Morgan fingerprint density at radius 2 is 2.11 bits per heavy atom. The van der Waals surface area contributed by atoms with Crippen LogP contribution in [0.5, 0.6) is 0 Å². The van der Waals surface area contributed by atoms with Crippen molar-refractivity contribution in [3.05, 3.63) is 17.6 Å². The van der Waals surface area contributed by atoms with Gasteiger partial charge in [0.1, 0.15) is 17.3 Å². The predicted molar refractivity (Wildman–Crippen MR) is 70.8 cm³/mol. The molecular weight excluding hydrogens is 228 g/mol. The molecular formula is C13H20N4O. The number of nitrogens with zero attached hydrogens (tertiary/aromatic N) is 3. The van der Waals surface area contributed by atoms with Crippen molar-refractivity contribution < 1.29 is 4.79 Å². The van der Waals surface area contributed by atoms with Crippen LogP contribution in [0.2, 0.25) is 0 Å². The van der Waals surface area contributed by atoms with Gasteiger partial charge in [-0.3, -0.25) is 4.79 Å². The summed E-state index contributed by atoms with van der Waals surface area (Å²) in [6, 6.07) is 1.79. The first-order valence-electron chi connectivity index (χ1n) is 6.59. The van der Waals surface area contributed by atoms with E-state index in [1.165, 1.54) is 12.8 Å². The molecule has 98 valence electrons.